The number of anilines is 1. The lowest BCUT2D eigenvalue weighted by Crippen LogP contribution is -2.45. The van der Waals surface area contributed by atoms with Gasteiger partial charge in [0.1, 0.15) is 11.6 Å². The maximum absolute atomic E-state index is 12.9. The number of carbonyl (C=O) groups is 3. The van der Waals surface area contributed by atoms with Gasteiger partial charge in [-0.1, -0.05) is 12.0 Å². The molecule has 0 bridgehead atoms. The molecule has 30 heavy (non-hydrogen) atoms. The number of rotatable bonds is 8. The van der Waals surface area contributed by atoms with Crippen LogP contribution in [0.3, 0.4) is 0 Å². The number of hydrogen-bond acceptors (Lipinski definition) is 5. The first-order valence-electron chi connectivity index (χ1n) is 10.7. The van der Waals surface area contributed by atoms with Gasteiger partial charge < -0.3 is 15.5 Å². The van der Waals surface area contributed by atoms with E-state index >= 15 is 0 Å². The van der Waals surface area contributed by atoms with Gasteiger partial charge in [0.2, 0.25) is 11.8 Å². The molecule has 3 rings (SSSR count). The summed E-state index contributed by atoms with van der Waals surface area (Å²) in [5.41, 5.74) is 2.24. The second-order valence-electron chi connectivity index (χ2n) is 8.32. The maximum Gasteiger partial charge on any atom is 0.240 e. The number of amides is 2. The number of aromatic nitrogens is 1. The monoisotopic (exact) mass is 410 g/mol. The Morgan fingerprint density at radius 2 is 2.23 bits per heavy atom. The molecular formula is C23H30N4O3. The number of carbonyl (C=O) groups excluding carboxylic acids is 3. The highest BCUT2D eigenvalue weighted by atomic mass is 16.2. The minimum atomic E-state index is -0.637. The predicted octanol–water partition coefficient (Wildman–Crippen LogP) is 1.71. The molecule has 3 atom stereocenters. The Kier molecular flexibility index (Phi) is 7.09. The largest absolute Gasteiger partial charge is 0.370 e. The SMILES string of the molecule is C#CC(CC(C)=O)NC(=O)CN1C(=O)C(CCc2ccc3c(n2)NCCC3)CC1C. The van der Waals surface area contributed by atoms with Crippen molar-refractivity contribution in [2.24, 2.45) is 5.92 Å². The quantitative estimate of drug-likeness (QED) is 0.637. The zero-order valence-corrected chi connectivity index (χ0v) is 17.7. The van der Waals surface area contributed by atoms with Crippen molar-refractivity contribution in [1.29, 1.82) is 0 Å². The molecule has 1 saturated heterocycles. The number of Topliss-reactive ketones (excluding diaryl/α,β-unsaturated/α-hetero) is 1. The van der Waals surface area contributed by atoms with Gasteiger partial charge in [-0.05, 0) is 57.6 Å². The van der Waals surface area contributed by atoms with Crippen LogP contribution in [0.2, 0.25) is 0 Å². The average molecular weight is 411 g/mol. The van der Waals surface area contributed by atoms with Gasteiger partial charge in [0.05, 0.1) is 12.6 Å². The van der Waals surface area contributed by atoms with Gasteiger partial charge in [0.15, 0.2) is 0 Å². The van der Waals surface area contributed by atoms with Gasteiger partial charge >= 0.3 is 0 Å². The summed E-state index contributed by atoms with van der Waals surface area (Å²) in [5.74, 6) is 2.85. The van der Waals surface area contributed by atoms with Crippen molar-refractivity contribution in [3.05, 3.63) is 23.4 Å². The highest BCUT2D eigenvalue weighted by Gasteiger charge is 2.37. The third-order valence-electron chi connectivity index (χ3n) is 5.83. The first-order chi connectivity index (χ1) is 14.4. The zero-order valence-electron chi connectivity index (χ0n) is 17.7. The van der Waals surface area contributed by atoms with Crippen molar-refractivity contribution in [2.75, 3.05) is 18.4 Å². The van der Waals surface area contributed by atoms with Crippen molar-refractivity contribution >= 4 is 23.4 Å². The Morgan fingerprint density at radius 1 is 1.43 bits per heavy atom. The Labute approximate surface area is 178 Å². The molecule has 1 aromatic heterocycles. The fraction of sp³-hybridized carbons (Fsp3) is 0.565. The van der Waals surface area contributed by atoms with E-state index in [1.807, 2.05) is 6.92 Å². The van der Waals surface area contributed by atoms with Crippen LogP contribution in [0, 0.1) is 18.3 Å². The Balaban J connectivity index is 1.53. The minimum Gasteiger partial charge on any atom is -0.370 e. The van der Waals surface area contributed by atoms with E-state index in [2.05, 4.69) is 28.7 Å². The van der Waals surface area contributed by atoms with Gasteiger partial charge in [-0.25, -0.2) is 4.98 Å². The number of likely N-dealkylation sites (tertiary alicyclic amines) is 1. The first kappa shape index (κ1) is 21.8. The number of nitrogens with zero attached hydrogens (tertiary/aromatic N) is 2. The van der Waals surface area contributed by atoms with E-state index in [4.69, 9.17) is 11.4 Å². The van der Waals surface area contributed by atoms with Crippen molar-refractivity contribution in [3.8, 4) is 12.3 Å². The highest BCUT2D eigenvalue weighted by molar-refractivity contribution is 5.88. The summed E-state index contributed by atoms with van der Waals surface area (Å²) in [6, 6.07) is 3.53. The third kappa shape index (κ3) is 5.38. The summed E-state index contributed by atoms with van der Waals surface area (Å²) in [7, 11) is 0. The van der Waals surface area contributed by atoms with Crippen LogP contribution < -0.4 is 10.6 Å². The van der Waals surface area contributed by atoms with Crippen molar-refractivity contribution in [2.45, 2.75) is 64.5 Å². The lowest BCUT2D eigenvalue weighted by molar-refractivity contribution is -0.136. The molecule has 160 valence electrons. The van der Waals surface area contributed by atoms with Gasteiger partial charge in [-0.2, -0.15) is 0 Å². The summed E-state index contributed by atoms with van der Waals surface area (Å²) in [5, 5.41) is 6.00. The molecule has 7 heteroatoms. The fourth-order valence-corrected chi connectivity index (χ4v) is 4.23. The van der Waals surface area contributed by atoms with Crippen molar-refractivity contribution < 1.29 is 14.4 Å². The lowest BCUT2D eigenvalue weighted by atomic mass is 9.98. The Bertz CT molecular complexity index is 860. The molecule has 3 heterocycles. The molecular weight excluding hydrogens is 380 g/mol. The Morgan fingerprint density at radius 3 is 2.97 bits per heavy atom. The summed E-state index contributed by atoms with van der Waals surface area (Å²) < 4.78 is 0. The first-order valence-corrected chi connectivity index (χ1v) is 10.7. The van der Waals surface area contributed by atoms with Crippen LogP contribution in [0.15, 0.2) is 12.1 Å². The van der Waals surface area contributed by atoms with E-state index in [0.717, 1.165) is 43.7 Å². The molecule has 0 aliphatic carbocycles. The van der Waals surface area contributed by atoms with Crippen LogP contribution >= 0.6 is 0 Å². The lowest BCUT2D eigenvalue weighted by Gasteiger charge is -2.22. The van der Waals surface area contributed by atoms with Gasteiger partial charge in [0, 0.05) is 30.6 Å². The zero-order chi connectivity index (χ0) is 21.7. The van der Waals surface area contributed by atoms with Gasteiger partial charge in [-0.15, -0.1) is 6.42 Å². The van der Waals surface area contributed by atoms with E-state index in [9.17, 15) is 14.4 Å². The summed E-state index contributed by atoms with van der Waals surface area (Å²) in [4.78, 5) is 42.7. The molecule has 0 saturated carbocycles. The normalized spacial score (nSPS) is 21.4. The van der Waals surface area contributed by atoms with Crippen LogP contribution in [-0.2, 0) is 27.2 Å². The van der Waals surface area contributed by atoms with Crippen LogP contribution in [0.25, 0.3) is 0 Å². The van der Waals surface area contributed by atoms with Crippen LogP contribution in [0.1, 0.15) is 50.8 Å². The third-order valence-corrected chi connectivity index (χ3v) is 5.83. The predicted molar refractivity (Wildman–Crippen MR) is 115 cm³/mol. The number of ketones is 1. The minimum absolute atomic E-state index is 0.00226. The number of terminal acetylenes is 1. The molecule has 0 radical (unpaired) electrons. The van der Waals surface area contributed by atoms with Gasteiger partial charge in [0.25, 0.3) is 0 Å². The van der Waals surface area contributed by atoms with E-state index in [1.54, 1.807) is 4.90 Å². The van der Waals surface area contributed by atoms with Crippen molar-refractivity contribution in [3.63, 3.8) is 0 Å². The van der Waals surface area contributed by atoms with E-state index < -0.39 is 6.04 Å². The second kappa shape index (κ2) is 9.75. The molecule has 1 fully saturated rings. The molecule has 2 aliphatic heterocycles. The molecule has 1 aromatic rings. The Hall–Kier alpha value is -2.88. The van der Waals surface area contributed by atoms with Crippen LogP contribution in [0.5, 0.6) is 0 Å². The summed E-state index contributed by atoms with van der Waals surface area (Å²) >= 11 is 0. The average Bonchev–Trinajstić information content (AvgIpc) is 2.98. The van der Waals surface area contributed by atoms with Crippen molar-refractivity contribution in [1.82, 2.24) is 15.2 Å². The van der Waals surface area contributed by atoms with E-state index in [0.29, 0.717) is 6.42 Å². The second-order valence-corrected chi connectivity index (χ2v) is 8.32. The number of pyridine rings is 1. The van der Waals surface area contributed by atoms with Crippen LogP contribution in [-0.4, -0.2) is 52.7 Å². The number of hydrogen-bond donors (Lipinski definition) is 2. The standard InChI is InChI=1S/C23H30N4O3/c1-4-19(13-16(3)28)25-21(29)14-27-15(2)12-18(23(27)30)8-10-20-9-7-17-6-5-11-24-22(17)26-20/h1,7,9,15,18-19H,5-6,8,10-14H2,2-3H3,(H,24,26)(H,25,29). The summed E-state index contributed by atoms with van der Waals surface area (Å²) in [6.07, 6.45) is 9.83. The molecule has 2 N–H and O–H groups in total. The number of aryl methyl sites for hydroxylation is 2. The molecule has 0 spiro atoms. The molecule has 3 unspecified atom stereocenters. The van der Waals surface area contributed by atoms with Crippen LogP contribution in [0.4, 0.5) is 5.82 Å². The highest BCUT2D eigenvalue weighted by Crippen LogP contribution is 2.28. The number of nitrogens with one attached hydrogen (secondary N) is 2. The topological polar surface area (TPSA) is 91.4 Å². The van der Waals surface area contributed by atoms with E-state index in [1.165, 1.54) is 12.5 Å². The van der Waals surface area contributed by atoms with Gasteiger partial charge in [-0.3, -0.25) is 14.4 Å². The smallest absolute Gasteiger partial charge is 0.240 e. The maximum atomic E-state index is 12.9. The molecule has 7 nitrogen and oxygen atoms in total. The molecule has 0 aromatic carbocycles. The molecule has 2 amide bonds. The molecule has 2 aliphatic rings. The number of fused-ring (bicyclic) bond motifs is 1. The summed E-state index contributed by atoms with van der Waals surface area (Å²) in [6.45, 7) is 4.31. The van der Waals surface area contributed by atoms with E-state index in [-0.39, 0.29) is 42.5 Å². The fourth-order valence-electron chi connectivity index (χ4n) is 4.23.